The van der Waals surface area contributed by atoms with Crippen LogP contribution in [0.5, 0.6) is 0 Å². The van der Waals surface area contributed by atoms with Crippen LogP contribution in [0.3, 0.4) is 0 Å². The summed E-state index contributed by atoms with van der Waals surface area (Å²) in [6.07, 6.45) is 5.10. The number of rotatable bonds is 5. The summed E-state index contributed by atoms with van der Waals surface area (Å²) >= 11 is 5.73. The van der Waals surface area contributed by atoms with Gasteiger partial charge in [-0.2, -0.15) is 0 Å². The number of carbonyl (C=O) groups excluding carboxylic acids is 1. The van der Waals surface area contributed by atoms with Crippen molar-refractivity contribution >= 4 is 23.2 Å². The van der Waals surface area contributed by atoms with Gasteiger partial charge in [-0.3, -0.25) is 4.79 Å². The molecule has 2 heterocycles. The van der Waals surface area contributed by atoms with Gasteiger partial charge in [0, 0.05) is 17.8 Å². The highest BCUT2D eigenvalue weighted by Crippen LogP contribution is 2.36. The smallest absolute Gasteiger partial charge is 0.264 e. The minimum absolute atomic E-state index is 0.0427. The van der Waals surface area contributed by atoms with E-state index in [1.165, 1.54) is 24.6 Å². The van der Waals surface area contributed by atoms with E-state index in [1.54, 1.807) is 10.8 Å². The first-order valence-corrected chi connectivity index (χ1v) is 8.72. The number of nitrogens with zero attached hydrogens (tertiary/aromatic N) is 3. The van der Waals surface area contributed by atoms with Crippen molar-refractivity contribution in [1.29, 1.82) is 0 Å². The summed E-state index contributed by atoms with van der Waals surface area (Å²) in [5.74, 6) is 0.602. The summed E-state index contributed by atoms with van der Waals surface area (Å²) in [6.45, 7) is 0.0540. The summed E-state index contributed by atoms with van der Waals surface area (Å²) in [4.78, 5) is 12.3. The number of hydrogen-bond acceptors (Lipinski definition) is 4. The minimum atomic E-state index is -0.531. The first kappa shape index (κ1) is 16.8. The molecule has 0 radical (unpaired) electrons. The number of hydrogen-bond donors (Lipinski definition) is 1. The van der Waals surface area contributed by atoms with Crippen LogP contribution in [0.4, 0.5) is 10.1 Å². The molecule has 2 aromatic heterocycles. The Morgan fingerprint density at radius 3 is 2.92 bits per heavy atom. The number of benzene rings is 1. The molecule has 3 aromatic rings. The van der Waals surface area contributed by atoms with Crippen LogP contribution in [0.15, 0.2) is 40.9 Å². The standard InChI is InChI=1S/C18H16ClFN4O2/c19-13-9-12(6-7-14(13)20)21-16(25)10-24-8-2-5-15(24)18-23-22-17(26-18)11-3-1-4-11/h2,5-9,11H,1,3-4,10H2,(H,21,25). The maximum atomic E-state index is 13.2. The Hall–Kier alpha value is -2.67. The highest BCUT2D eigenvalue weighted by Gasteiger charge is 2.26. The van der Waals surface area contributed by atoms with E-state index in [0.717, 1.165) is 12.8 Å². The fraction of sp³-hybridized carbons (Fsp3) is 0.278. The number of nitrogens with one attached hydrogen (secondary N) is 1. The summed E-state index contributed by atoms with van der Waals surface area (Å²) in [7, 11) is 0. The molecule has 134 valence electrons. The van der Waals surface area contributed by atoms with Gasteiger partial charge in [0.05, 0.1) is 5.02 Å². The first-order valence-electron chi connectivity index (χ1n) is 8.34. The van der Waals surface area contributed by atoms with Crippen LogP contribution in [0.2, 0.25) is 5.02 Å². The predicted octanol–water partition coefficient (Wildman–Crippen LogP) is 4.24. The molecule has 0 spiro atoms. The monoisotopic (exact) mass is 374 g/mol. The van der Waals surface area contributed by atoms with Crippen molar-refractivity contribution in [2.24, 2.45) is 0 Å². The molecular weight excluding hydrogens is 359 g/mol. The molecule has 1 fully saturated rings. The van der Waals surface area contributed by atoms with Gasteiger partial charge in [-0.05, 0) is 43.2 Å². The first-order chi connectivity index (χ1) is 12.6. The van der Waals surface area contributed by atoms with Crippen LogP contribution >= 0.6 is 11.6 Å². The topological polar surface area (TPSA) is 73.0 Å². The van der Waals surface area contributed by atoms with E-state index in [2.05, 4.69) is 15.5 Å². The minimum Gasteiger partial charge on any atom is -0.419 e. The van der Waals surface area contributed by atoms with Crippen molar-refractivity contribution in [3.05, 3.63) is 53.3 Å². The Balaban J connectivity index is 1.47. The second-order valence-corrected chi connectivity index (χ2v) is 6.68. The van der Waals surface area contributed by atoms with Gasteiger partial charge < -0.3 is 14.3 Å². The van der Waals surface area contributed by atoms with Gasteiger partial charge in [0.15, 0.2) is 0 Å². The number of aromatic nitrogens is 3. The molecule has 6 nitrogen and oxygen atoms in total. The Kier molecular flexibility index (Phi) is 4.46. The number of amides is 1. The third-order valence-electron chi connectivity index (χ3n) is 4.46. The largest absolute Gasteiger partial charge is 0.419 e. The zero-order valence-electron chi connectivity index (χ0n) is 13.8. The van der Waals surface area contributed by atoms with E-state index in [-0.39, 0.29) is 17.5 Å². The SMILES string of the molecule is O=C(Cn1cccc1-c1nnc(C2CCC2)o1)Nc1ccc(F)c(Cl)c1. The van der Waals surface area contributed by atoms with Crippen LogP contribution in [0.1, 0.15) is 31.1 Å². The molecule has 1 amide bonds. The zero-order valence-corrected chi connectivity index (χ0v) is 14.5. The van der Waals surface area contributed by atoms with E-state index >= 15 is 0 Å². The van der Waals surface area contributed by atoms with Crippen molar-refractivity contribution in [3.8, 4) is 11.6 Å². The zero-order chi connectivity index (χ0) is 18.1. The maximum Gasteiger partial charge on any atom is 0.264 e. The molecule has 0 atom stereocenters. The molecular formula is C18H16ClFN4O2. The molecule has 0 unspecified atom stereocenters. The third-order valence-corrected chi connectivity index (χ3v) is 4.75. The van der Waals surface area contributed by atoms with Crippen LogP contribution in [0.25, 0.3) is 11.6 Å². The van der Waals surface area contributed by atoms with Crippen molar-refractivity contribution in [2.75, 3.05) is 5.32 Å². The molecule has 1 saturated carbocycles. The fourth-order valence-corrected chi connectivity index (χ4v) is 3.01. The average molecular weight is 375 g/mol. The van der Waals surface area contributed by atoms with Gasteiger partial charge in [-0.25, -0.2) is 4.39 Å². The molecule has 26 heavy (non-hydrogen) atoms. The van der Waals surface area contributed by atoms with E-state index in [4.69, 9.17) is 16.0 Å². The molecule has 1 aliphatic carbocycles. The van der Waals surface area contributed by atoms with Gasteiger partial charge in [0.2, 0.25) is 11.8 Å². The summed E-state index contributed by atoms with van der Waals surface area (Å²) in [6, 6.07) is 7.66. The van der Waals surface area contributed by atoms with Gasteiger partial charge >= 0.3 is 0 Å². The van der Waals surface area contributed by atoms with Crippen LogP contribution < -0.4 is 5.32 Å². The van der Waals surface area contributed by atoms with Gasteiger partial charge in [-0.1, -0.05) is 18.0 Å². The lowest BCUT2D eigenvalue weighted by Gasteiger charge is -2.20. The number of anilines is 1. The quantitative estimate of drug-likeness (QED) is 0.725. The Bertz CT molecular complexity index is 948. The van der Waals surface area contributed by atoms with Crippen molar-refractivity contribution in [3.63, 3.8) is 0 Å². The maximum absolute atomic E-state index is 13.2. The second kappa shape index (κ2) is 6.92. The molecule has 8 heteroatoms. The van der Waals surface area contributed by atoms with E-state index in [9.17, 15) is 9.18 Å². The van der Waals surface area contributed by atoms with Gasteiger partial charge in [-0.15, -0.1) is 10.2 Å². The normalized spacial score (nSPS) is 14.2. The van der Waals surface area contributed by atoms with Crippen molar-refractivity contribution in [2.45, 2.75) is 31.7 Å². The van der Waals surface area contributed by atoms with E-state index in [1.807, 2.05) is 12.1 Å². The molecule has 1 aromatic carbocycles. The fourth-order valence-electron chi connectivity index (χ4n) is 2.83. The number of carbonyl (C=O) groups is 1. The van der Waals surface area contributed by atoms with Gasteiger partial charge in [0.25, 0.3) is 5.89 Å². The molecule has 0 saturated heterocycles. The molecule has 0 aliphatic heterocycles. The number of halogens is 2. The second-order valence-electron chi connectivity index (χ2n) is 6.27. The predicted molar refractivity (Wildman–Crippen MR) is 94.4 cm³/mol. The Labute approximate surface area is 154 Å². The van der Waals surface area contributed by atoms with Gasteiger partial charge in [0.1, 0.15) is 18.1 Å². The summed E-state index contributed by atoms with van der Waals surface area (Å²) < 4.78 is 20.7. The van der Waals surface area contributed by atoms with Crippen LogP contribution in [-0.2, 0) is 11.3 Å². The summed E-state index contributed by atoms with van der Waals surface area (Å²) in [5.41, 5.74) is 1.11. The average Bonchev–Trinajstić information content (AvgIpc) is 3.18. The van der Waals surface area contributed by atoms with E-state index in [0.29, 0.717) is 29.1 Å². The highest BCUT2D eigenvalue weighted by atomic mass is 35.5. The highest BCUT2D eigenvalue weighted by molar-refractivity contribution is 6.31. The lowest BCUT2D eigenvalue weighted by Crippen LogP contribution is -2.18. The lowest BCUT2D eigenvalue weighted by atomic mass is 9.85. The third kappa shape index (κ3) is 3.35. The van der Waals surface area contributed by atoms with Crippen molar-refractivity contribution in [1.82, 2.24) is 14.8 Å². The Morgan fingerprint density at radius 1 is 1.35 bits per heavy atom. The van der Waals surface area contributed by atoms with Crippen LogP contribution in [-0.4, -0.2) is 20.7 Å². The lowest BCUT2D eigenvalue weighted by molar-refractivity contribution is -0.116. The molecule has 1 aliphatic rings. The summed E-state index contributed by atoms with van der Waals surface area (Å²) in [5, 5.41) is 10.9. The Morgan fingerprint density at radius 2 is 2.19 bits per heavy atom. The van der Waals surface area contributed by atoms with Crippen molar-refractivity contribution < 1.29 is 13.6 Å². The van der Waals surface area contributed by atoms with Crippen LogP contribution in [0, 0.1) is 5.82 Å². The molecule has 4 rings (SSSR count). The molecule has 0 bridgehead atoms. The van der Waals surface area contributed by atoms with E-state index < -0.39 is 5.82 Å². The molecule has 1 N–H and O–H groups in total.